The van der Waals surface area contributed by atoms with Crippen LogP contribution >= 0.6 is 0 Å². The lowest BCUT2D eigenvalue weighted by Crippen LogP contribution is -2.16. The highest BCUT2D eigenvalue weighted by atomic mass is 14.9. The molecule has 0 spiro atoms. The van der Waals surface area contributed by atoms with Crippen LogP contribution in [-0.2, 0) is 0 Å². The van der Waals surface area contributed by atoms with Crippen LogP contribution in [0.3, 0.4) is 0 Å². The van der Waals surface area contributed by atoms with Gasteiger partial charge in [-0.1, -0.05) is 48.9 Å². The second-order valence-corrected chi connectivity index (χ2v) is 4.06. The van der Waals surface area contributed by atoms with E-state index in [1.54, 1.807) is 0 Å². The van der Waals surface area contributed by atoms with E-state index >= 15 is 0 Å². The Balaban J connectivity index is 2.78. The fourth-order valence-corrected chi connectivity index (χ4v) is 1.71. The van der Waals surface area contributed by atoms with Crippen molar-refractivity contribution in [3.63, 3.8) is 0 Å². The first-order valence-corrected chi connectivity index (χ1v) is 5.57. The van der Waals surface area contributed by atoms with E-state index in [0.29, 0.717) is 6.04 Å². The molecular weight excluding hydrogens is 182 g/mol. The van der Waals surface area contributed by atoms with Gasteiger partial charge in [-0.05, 0) is 32.4 Å². The third-order valence-electron chi connectivity index (χ3n) is 2.79. The van der Waals surface area contributed by atoms with Crippen molar-refractivity contribution in [3.05, 3.63) is 47.5 Å². The van der Waals surface area contributed by atoms with Crippen LogP contribution in [0.15, 0.2) is 36.4 Å². The molecule has 0 aliphatic heterocycles. The van der Waals surface area contributed by atoms with E-state index in [1.165, 1.54) is 16.7 Å². The Morgan fingerprint density at radius 2 is 2.20 bits per heavy atom. The van der Waals surface area contributed by atoms with Crippen molar-refractivity contribution in [1.29, 1.82) is 0 Å². The van der Waals surface area contributed by atoms with Gasteiger partial charge in [0.2, 0.25) is 0 Å². The van der Waals surface area contributed by atoms with E-state index in [2.05, 4.69) is 50.0 Å². The summed E-state index contributed by atoms with van der Waals surface area (Å²) in [7, 11) is 2.01. The Morgan fingerprint density at radius 3 is 2.73 bits per heavy atom. The topological polar surface area (TPSA) is 12.0 Å². The molecule has 15 heavy (non-hydrogen) atoms. The Morgan fingerprint density at radius 1 is 1.47 bits per heavy atom. The van der Waals surface area contributed by atoms with Gasteiger partial charge in [0, 0.05) is 6.04 Å². The molecule has 0 amide bonds. The van der Waals surface area contributed by atoms with Crippen LogP contribution in [0.1, 0.15) is 36.9 Å². The molecule has 0 aliphatic carbocycles. The molecule has 1 N–H and O–H groups in total. The number of hydrogen-bond acceptors (Lipinski definition) is 1. The highest BCUT2D eigenvalue weighted by Gasteiger charge is 2.09. The van der Waals surface area contributed by atoms with Gasteiger partial charge < -0.3 is 5.32 Å². The number of benzene rings is 1. The first-order chi connectivity index (χ1) is 7.17. The summed E-state index contributed by atoms with van der Waals surface area (Å²) in [5, 5.41) is 3.35. The maximum absolute atomic E-state index is 4.07. The molecule has 1 heteroatoms. The summed E-state index contributed by atoms with van der Waals surface area (Å²) in [4.78, 5) is 0. The summed E-state index contributed by atoms with van der Waals surface area (Å²) in [5.41, 5.74) is 3.97. The molecule has 0 heterocycles. The molecule has 0 aliphatic rings. The maximum Gasteiger partial charge on any atom is 0.0355 e. The lowest BCUT2D eigenvalue weighted by atomic mass is 9.97. The van der Waals surface area contributed by atoms with Crippen LogP contribution in [0.4, 0.5) is 0 Å². The van der Waals surface area contributed by atoms with Crippen LogP contribution in [0.2, 0.25) is 0 Å². The molecule has 1 unspecified atom stereocenters. The molecule has 1 atom stereocenters. The van der Waals surface area contributed by atoms with Crippen molar-refractivity contribution in [2.24, 2.45) is 0 Å². The molecule has 1 rings (SSSR count). The van der Waals surface area contributed by atoms with Crippen molar-refractivity contribution in [3.8, 4) is 0 Å². The second kappa shape index (κ2) is 5.72. The van der Waals surface area contributed by atoms with Crippen LogP contribution in [0.25, 0.3) is 0 Å². The van der Waals surface area contributed by atoms with Crippen molar-refractivity contribution in [2.75, 3.05) is 7.05 Å². The minimum atomic E-state index is 0.400. The Labute approximate surface area is 93.2 Å². The zero-order valence-corrected chi connectivity index (χ0v) is 10.0. The lowest BCUT2D eigenvalue weighted by molar-refractivity contribution is 0.582. The molecular formula is C14H21N. The van der Waals surface area contributed by atoms with Gasteiger partial charge in [0.15, 0.2) is 0 Å². The van der Waals surface area contributed by atoms with Crippen LogP contribution in [0, 0.1) is 6.92 Å². The monoisotopic (exact) mass is 203 g/mol. The van der Waals surface area contributed by atoms with Crippen LogP contribution < -0.4 is 5.32 Å². The quantitative estimate of drug-likeness (QED) is 0.721. The molecule has 1 aromatic carbocycles. The second-order valence-electron chi connectivity index (χ2n) is 4.06. The molecule has 0 aromatic heterocycles. The number of rotatable bonds is 5. The van der Waals surface area contributed by atoms with Gasteiger partial charge in [0.1, 0.15) is 0 Å². The van der Waals surface area contributed by atoms with E-state index in [-0.39, 0.29) is 0 Å². The molecule has 0 saturated carbocycles. The standard InChI is InChI=1S/C14H21N/c1-5-11(2)10-14(15-4)13-8-6-7-12(3)9-13/h6-9,14-15H,2,5,10H2,1,3-4H3. The molecule has 1 nitrogen and oxygen atoms in total. The predicted octanol–water partition coefficient (Wildman–Crippen LogP) is 3.61. The third-order valence-corrected chi connectivity index (χ3v) is 2.79. The van der Waals surface area contributed by atoms with Crippen LogP contribution in [-0.4, -0.2) is 7.05 Å². The fourth-order valence-electron chi connectivity index (χ4n) is 1.71. The summed E-state index contributed by atoms with van der Waals surface area (Å²) < 4.78 is 0. The van der Waals surface area contributed by atoms with Gasteiger partial charge >= 0.3 is 0 Å². The van der Waals surface area contributed by atoms with Gasteiger partial charge in [-0.3, -0.25) is 0 Å². The average molecular weight is 203 g/mol. The zero-order chi connectivity index (χ0) is 11.3. The Hall–Kier alpha value is -1.08. The SMILES string of the molecule is C=C(CC)CC(NC)c1cccc(C)c1. The minimum absolute atomic E-state index is 0.400. The summed E-state index contributed by atoms with van der Waals surface area (Å²) in [5.74, 6) is 0. The van der Waals surface area contributed by atoms with Gasteiger partial charge in [-0.15, -0.1) is 0 Å². The molecule has 0 saturated heterocycles. The molecule has 82 valence electrons. The number of hydrogen-bond donors (Lipinski definition) is 1. The number of aryl methyl sites for hydroxylation is 1. The van der Waals surface area contributed by atoms with Crippen molar-refractivity contribution < 1.29 is 0 Å². The van der Waals surface area contributed by atoms with Gasteiger partial charge in [0.25, 0.3) is 0 Å². The van der Waals surface area contributed by atoms with E-state index in [4.69, 9.17) is 0 Å². The van der Waals surface area contributed by atoms with E-state index in [9.17, 15) is 0 Å². The van der Waals surface area contributed by atoms with E-state index in [0.717, 1.165) is 12.8 Å². The summed E-state index contributed by atoms with van der Waals surface area (Å²) in [6.45, 7) is 8.36. The summed E-state index contributed by atoms with van der Waals surface area (Å²) in [6.07, 6.45) is 2.08. The van der Waals surface area contributed by atoms with E-state index < -0.39 is 0 Å². The fraction of sp³-hybridized carbons (Fsp3) is 0.429. The Bertz CT molecular complexity index is 328. The van der Waals surface area contributed by atoms with Crippen molar-refractivity contribution in [1.82, 2.24) is 5.32 Å². The summed E-state index contributed by atoms with van der Waals surface area (Å²) >= 11 is 0. The average Bonchev–Trinajstić information content (AvgIpc) is 2.25. The molecule has 1 aromatic rings. The predicted molar refractivity (Wildman–Crippen MR) is 67.0 cm³/mol. The molecule has 0 radical (unpaired) electrons. The van der Waals surface area contributed by atoms with Gasteiger partial charge in [-0.25, -0.2) is 0 Å². The highest BCUT2D eigenvalue weighted by Crippen LogP contribution is 2.22. The third kappa shape index (κ3) is 3.52. The first kappa shape index (κ1) is 12.0. The lowest BCUT2D eigenvalue weighted by Gasteiger charge is -2.18. The smallest absolute Gasteiger partial charge is 0.0355 e. The largest absolute Gasteiger partial charge is 0.313 e. The molecule has 0 fully saturated rings. The molecule has 0 bridgehead atoms. The van der Waals surface area contributed by atoms with Gasteiger partial charge in [-0.2, -0.15) is 0 Å². The first-order valence-electron chi connectivity index (χ1n) is 5.57. The maximum atomic E-state index is 4.07. The zero-order valence-electron chi connectivity index (χ0n) is 10.0. The summed E-state index contributed by atoms with van der Waals surface area (Å²) in [6, 6.07) is 9.06. The Kier molecular flexibility index (Phi) is 4.57. The van der Waals surface area contributed by atoms with Crippen molar-refractivity contribution in [2.45, 2.75) is 32.7 Å². The number of nitrogens with one attached hydrogen (secondary N) is 1. The highest BCUT2D eigenvalue weighted by molar-refractivity contribution is 5.26. The minimum Gasteiger partial charge on any atom is -0.313 e. The van der Waals surface area contributed by atoms with E-state index in [1.807, 2.05) is 7.05 Å². The van der Waals surface area contributed by atoms with Gasteiger partial charge in [0.05, 0.1) is 0 Å². The normalized spacial score (nSPS) is 12.5. The van der Waals surface area contributed by atoms with Crippen LogP contribution in [0.5, 0.6) is 0 Å². The van der Waals surface area contributed by atoms with Crippen molar-refractivity contribution >= 4 is 0 Å².